The lowest BCUT2D eigenvalue weighted by Crippen LogP contribution is -2.58. The molecule has 4 rings (SSSR count). The Morgan fingerprint density at radius 2 is 1.93 bits per heavy atom. The number of benzene rings is 2. The number of para-hydroxylation sites is 1. The molecule has 0 aliphatic carbocycles. The van der Waals surface area contributed by atoms with Crippen LogP contribution in [-0.2, 0) is 11.2 Å². The highest BCUT2D eigenvalue weighted by Gasteiger charge is 2.34. The molecule has 1 aromatic heterocycles. The molecule has 1 aliphatic heterocycles. The Balaban J connectivity index is 1.66. The molecule has 1 fully saturated rings. The van der Waals surface area contributed by atoms with Crippen molar-refractivity contribution in [3.8, 4) is 0 Å². The average molecular weight is 363 g/mol. The van der Waals surface area contributed by atoms with E-state index < -0.39 is 11.9 Å². The number of carbonyl (C=O) groups excluding carboxylic acids is 2. The van der Waals surface area contributed by atoms with E-state index in [0.29, 0.717) is 24.9 Å². The van der Waals surface area contributed by atoms with Crippen LogP contribution < -0.4 is 5.32 Å². The second-order valence-electron chi connectivity index (χ2n) is 6.50. The Kier molecular flexibility index (Phi) is 4.54. The smallest absolute Gasteiger partial charge is 0.273 e. The van der Waals surface area contributed by atoms with Gasteiger partial charge < -0.3 is 10.2 Å². The van der Waals surface area contributed by atoms with Crippen LogP contribution in [0.3, 0.4) is 0 Å². The zero-order valence-corrected chi connectivity index (χ0v) is 14.6. The third kappa shape index (κ3) is 3.38. The zero-order chi connectivity index (χ0) is 18.8. The Labute approximate surface area is 155 Å². The molecule has 1 atom stereocenters. The van der Waals surface area contributed by atoms with Crippen LogP contribution >= 0.6 is 0 Å². The van der Waals surface area contributed by atoms with Gasteiger partial charge in [-0.05, 0) is 17.7 Å². The van der Waals surface area contributed by atoms with Crippen LogP contribution in [0.1, 0.15) is 16.1 Å². The number of hydrogen-bond donors (Lipinski definition) is 1. The van der Waals surface area contributed by atoms with Gasteiger partial charge in [0.2, 0.25) is 5.91 Å². The third-order valence-electron chi connectivity index (χ3n) is 4.75. The van der Waals surface area contributed by atoms with Crippen molar-refractivity contribution in [2.75, 3.05) is 13.1 Å². The van der Waals surface area contributed by atoms with Crippen LogP contribution in [0.25, 0.3) is 10.9 Å². The highest BCUT2D eigenvalue weighted by atomic mass is 19.1. The van der Waals surface area contributed by atoms with Crippen LogP contribution in [0.15, 0.2) is 60.7 Å². The number of fused-ring (bicyclic) bond motifs is 1. The van der Waals surface area contributed by atoms with Crippen molar-refractivity contribution >= 4 is 22.7 Å². The first kappa shape index (κ1) is 17.1. The normalized spacial score (nSPS) is 17.0. The predicted octanol–water partition coefficient (Wildman–Crippen LogP) is 2.56. The maximum absolute atomic E-state index is 14.0. The van der Waals surface area contributed by atoms with E-state index in [9.17, 15) is 14.0 Å². The first-order valence-corrected chi connectivity index (χ1v) is 8.81. The van der Waals surface area contributed by atoms with Gasteiger partial charge >= 0.3 is 0 Å². The SMILES string of the molecule is O=C1NCCN(C(=O)c2ccc3cccc(F)c3n2)[C@H]1Cc1ccccc1. The lowest BCUT2D eigenvalue weighted by molar-refractivity contribution is -0.127. The summed E-state index contributed by atoms with van der Waals surface area (Å²) in [5.74, 6) is -1.03. The Morgan fingerprint density at radius 3 is 2.74 bits per heavy atom. The number of piperazine rings is 1. The van der Waals surface area contributed by atoms with Crippen molar-refractivity contribution in [3.05, 3.63) is 77.7 Å². The third-order valence-corrected chi connectivity index (χ3v) is 4.75. The van der Waals surface area contributed by atoms with E-state index in [4.69, 9.17) is 0 Å². The Hall–Kier alpha value is -3.28. The maximum Gasteiger partial charge on any atom is 0.273 e. The van der Waals surface area contributed by atoms with Crippen molar-refractivity contribution in [1.82, 2.24) is 15.2 Å². The summed E-state index contributed by atoms with van der Waals surface area (Å²) in [6.45, 7) is 0.775. The Morgan fingerprint density at radius 1 is 1.11 bits per heavy atom. The molecule has 0 saturated carbocycles. The molecule has 0 spiro atoms. The number of amides is 2. The minimum absolute atomic E-state index is 0.139. The molecule has 2 heterocycles. The number of aromatic nitrogens is 1. The molecule has 1 saturated heterocycles. The van der Waals surface area contributed by atoms with E-state index in [2.05, 4.69) is 10.3 Å². The summed E-state index contributed by atoms with van der Waals surface area (Å²) < 4.78 is 14.0. The molecule has 2 amide bonds. The molecular weight excluding hydrogens is 345 g/mol. The molecule has 5 nitrogen and oxygen atoms in total. The Bertz CT molecular complexity index is 1010. The standard InChI is InChI=1S/C21H18FN3O2/c22-16-8-4-7-15-9-10-17(24-19(15)16)21(27)25-12-11-23-20(26)18(25)13-14-5-2-1-3-6-14/h1-10,18H,11-13H2,(H,23,26)/t18-/m0/s1. The second kappa shape index (κ2) is 7.15. The zero-order valence-electron chi connectivity index (χ0n) is 14.6. The fourth-order valence-electron chi connectivity index (χ4n) is 3.38. The van der Waals surface area contributed by atoms with Gasteiger partial charge in [-0.1, -0.05) is 48.5 Å². The van der Waals surface area contributed by atoms with Crippen molar-refractivity contribution in [2.45, 2.75) is 12.5 Å². The number of nitrogens with one attached hydrogen (secondary N) is 1. The summed E-state index contributed by atoms with van der Waals surface area (Å²) in [7, 11) is 0. The topological polar surface area (TPSA) is 62.3 Å². The van der Waals surface area contributed by atoms with Gasteiger partial charge in [-0.15, -0.1) is 0 Å². The lowest BCUT2D eigenvalue weighted by Gasteiger charge is -2.35. The minimum Gasteiger partial charge on any atom is -0.353 e. The molecular formula is C21H18FN3O2. The van der Waals surface area contributed by atoms with E-state index in [1.807, 2.05) is 30.3 Å². The van der Waals surface area contributed by atoms with Crippen molar-refractivity contribution in [1.29, 1.82) is 0 Å². The average Bonchev–Trinajstić information content (AvgIpc) is 2.70. The van der Waals surface area contributed by atoms with Crippen LogP contribution in [0.5, 0.6) is 0 Å². The molecule has 6 heteroatoms. The monoisotopic (exact) mass is 363 g/mol. The second-order valence-corrected chi connectivity index (χ2v) is 6.50. The number of halogens is 1. The lowest BCUT2D eigenvalue weighted by atomic mass is 10.0. The van der Waals surface area contributed by atoms with Gasteiger partial charge in [-0.2, -0.15) is 0 Å². The number of pyridine rings is 1. The highest BCUT2D eigenvalue weighted by Crippen LogP contribution is 2.19. The van der Waals surface area contributed by atoms with E-state index in [1.54, 1.807) is 24.3 Å². The largest absolute Gasteiger partial charge is 0.353 e. The van der Waals surface area contributed by atoms with Gasteiger partial charge in [0.1, 0.15) is 23.1 Å². The molecule has 2 aromatic carbocycles. The van der Waals surface area contributed by atoms with Crippen LogP contribution in [0.4, 0.5) is 4.39 Å². The quantitative estimate of drug-likeness (QED) is 0.778. The molecule has 27 heavy (non-hydrogen) atoms. The van der Waals surface area contributed by atoms with Gasteiger partial charge in [0, 0.05) is 24.9 Å². The minimum atomic E-state index is -0.619. The van der Waals surface area contributed by atoms with Crippen LogP contribution in [0.2, 0.25) is 0 Å². The highest BCUT2D eigenvalue weighted by molar-refractivity contribution is 5.98. The van der Waals surface area contributed by atoms with Gasteiger partial charge in [0.05, 0.1) is 0 Å². The molecule has 136 valence electrons. The van der Waals surface area contributed by atoms with Gasteiger partial charge in [0.25, 0.3) is 5.91 Å². The molecule has 0 bridgehead atoms. The summed E-state index contributed by atoms with van der Waals surface area (Å²) in [4.78, 5) is 31.2. The van der Waals surface area contributed by atoms with Crippen LogP contribution in [-0.4, -0.2) is 40.8 Å². The van der Waals surface area contributed by atoms with Crippen molar-refractivity contribution < 1.29 is 14.0 Å². The number of rotatable bonds is 3. The first-order valence-electron chi connectivity index (χ1n) is 8.81. The number of hydrogen-bond acceptors (Lipinski definition) is 3. The summed E-state index contributed by atoms with van der Waals surface area (Å²) in [6.07, 6.45) is 0.417. The van der Waals surface area contributed by atoms with Gasteiger partial charge in [-0.3, -0.25) is 9.59 Å². The molecule has 1 N–H and O–H groups in total. The van der Waals surface area contributed by atoms with Gasteiger partial charge in [-0.25, -0.2) is 9.37 Å². The van der Waals surface area contributed by atoms with Crippen molar-refractivity contribution in [2.24, 2.45) is 0 Å². The van der Waals surface area contributed by atoms with Crippen LogP contribution in [0, 0.1) is 5.82 Å². The van der Waals surface area contributed by atoms with E-state index in [1.165, 1.54) is 11.0 Å². The fraction of sp³-hybridized carbons (Fsp3) is 0.190. The first-order chi connectivity index (χ1) is 13.1. The van der Waals surface area contributed by atoms with Gasteiger partial charge in [0.15, 0.2) is 0 Å². The predicted molar refractivity (Wildman–Crippen MR) is 99.7 cm³/mol. The number of nitrogens with zero attached hydrogens (tertiary/aromatic N) is 2. The fourth-order valence-corrected chi connectivity index (χ4v) is 3.38. The molecule has 3 aromatic rings. The molecule has 0 unspecified atom stereocenters. The van der Waals surface area contributed by atoms with E-state index in [0.717, 1.165) is 5.56 Å². The molecule has 0 radical (unpaired) electrons. The van der Waals surface area contributed by atoms with E-state index >= 15 is 0 Å². The number of carbonyl (C=O) groups is 2. The van der Waals surface area contributed by atoms with E-state index in [-0.39, 0.29) is 23.0 Å². The summed E-state index contributed by atoms with van der Waals surface area (Å²) in [6, 6.07) is 16.8. The maximum atomic E-state index is 14.0. The summed E-state index contributed by atoms with van der Waals surface area (Å²) in [5, 5.41) is 3.44. The summed E-state index contributed by atoms with van der Waals surface area (Å²) in [5.41, 5.74) is 1.26. The molecule has 1 aliphatic rings. The van der Waals surface area contributed by atoms with Crippen molar-refractivity contribution in [3.63, 3.8) is 0 Å². The summed E-state index contributed by atoms with van der Waals surface area (Å²) >= 11 is 0.